The van der Waals surface area contributed by atoms with Gasteiger partial charge in [-0.25, -0.2) is 19.6 Å². The molecule has 0 spiro atoms. The van der Waals surface area contributed by atoms with Gasteiger partial charge in [0, 0.05) is 25.3 Å². The number of hydrogen-bond acceptors (Lipinski definition) is 9. The molecule has 0 bridgehead atoms. The van der Waals surface area contributed by atoms with Gasteiger partial charge < -0.3 is 23.8 Å². The lowest BCUT2D eigenvalue weighted by atomic mass is 10.1. The van der Waals surface area contributed by atoms with Crippen molar-refractivity contribution in [2.24, 2.45) is 0 Å². The van der Waals surface area contributed by atoms with E-state index in [1.54, 1.807) is 25.6 Å². The minimum absolute atomic E-state index is 0.0636. The van der Waals surface area contributed by atoms with Crippen molar-refractivity contribution in [1.82, 2.24) is 24.2 Å². The molecule has 2 aromatic heterocycles. The molecule has 8 rings (SSSR count). The molecule has 0 radical (unpaired) electrons. The van der Waals surface area contributed by atoms with Crippen LogP contribution in [0.4, 0.5) is 5.82 Å². The van der Waals surface area contributed by atoms with Gasteiger partial charge in [-0.15, -0.1) is 0 Å². The van der Waals surface area contributed by atoms with E-state index in [1.807, 2.05) is 22.8 Å². The number of fused-ring (bicyclic) bond motifs is 2. The number of carbonyl (C=O) groups excluding carboxylic acids is 1. The molecule has 5 aromatic rings. The molecule has 51 heavy (non-hydrogen) atoms. The van der Waals surface area contributed by atoms with E-state index in [0.29, 0.717) is 28.6 Å². The summed E-state index contributed by atoms with van der Waals surface area (Å²) >= 11 is 0. The summed E-state index contributed by atoms with van der Waals surface area (Å²) in [6, 6.07) is 32.3. The van der Waals surface area contributed by atoms with Gasteiger partial charge in [0.15, 0.2) is 23.2 Å². The molecule has 3 saturated heterocycles. The third-order valence-corrected chi connectivity index (χ3v) is 16.9. The van der Waals surface area contributed by atoms with Crippen molar-refractivity contribution in [3.05, 3.63) is 109 Å². The summed E-state index contributed by atoms with van der Waals surface area (Å²) in [5.74, 6) is 0.0550. The van der Waals surface area contributed by atoms with E-state index in [-0.39, 0.29) is 24.2 Å². The lowest BCUT2D eigenvalue weighted by molar-refractivity contribution is -0.0493. The number of rotatable bonds is 11. The zero-order valence-corrected chi connectivity index (χ0v) is 30.9. The monoisotopic (exact) mass is 722 g/mol. The van der Waals surface area contributed by atoms with Gasteiger partial charge in [0.05, 0.1) is 18.5 Å². The van der Waals surface area contributed by atoms with E-state index < -0.39 is 28.9 Å². The van der Waals surface area contributed by atoms with Crippen LogP contribution < -0.4 is 15.7 Å². The number of methoxy groups -OCH3 is 1. The van der Waals surface area contributed by atoms with Crippen LogP contribution in [-0.2, 0) is 18.5 Å². The maximum Gasteiger partial charge on any atom is 0.259 e. The molecule has 11 nitrogen and oxygen atoms in total. The van der Waals surface area contributed by atoms with Crippen LogP contribution in [0.3, 0.4) is 0 Å². The summed E-state index contributed by atoms with van der Waals surface area (Å²) in [5, 5.41) is 5.72. The highest BCUT2D eigenvalue weighted by atomic mass is 31.2. The van der Waals surface area contributed by atoms with Crippen LogP contribution in [-0.4, -0.2) is 82.3 Å². The van der Waals surface area contributed by atoms with Gasteiger partial charge in [-0.1, -0.05) is 103 Å². The molecule has 13 heteroatoms. The molecule has 0 aliphatic carbocycles. The Balaban J connectivity index is 1.04. The van der Waals surface area contributed by atoms with Crippen molar-refractivity contribution >= 4 is 49.9 Å². The number of nitrogens with zero attached hydrogens (tertiary/aromatic N) is 5. The van der Waals surface area contributed by atoms with E-state index in [4.69, 9.17) is 18.5 Å². The van der Waals surface area contributed by atoms with Gasteiger partial charge in [-0.05, 0) is 37.4 Å². The normalized spacial score (nSPS) is 26.5. The Morgan fingerprint density at radius 1 is 0.941 bits per heavy atom. The number of carbonyl (C=O) groups is 1. The van der Waals surface area contributed by atoms with Crippen LogP contribution in [0.1, 0.15) is 42.8 Å². The molecular formula is C38H43N6O5PSi. The fourth-order valence-corrected chi connectivity index (χ4v) is 13.9. The van der Waals surface area contributed by atoms with Crippen molar-refractivity contribution in [3.63, 3.8) is 0 Å². The SMILES string of the molecule is CC[C@H]1O[C@@H](n2cnc3c(NC(=O)c4ccccc4)ncnc32)[C@@H](OC)C1O[P@]1O[C@@H](C[Si](C)(c2ccccc2)c2ccccc2)[C@H]2CCCN21. The third-order valence-electron chi connectivity index (χ3n) is 10.6. The summed E-state index contributed by atoms with van der Waals surface area (Å²) in [7, 11) is -1.80. The van der Waals surface area contributed by atoms with Crippen LogP contribution in [0, 0.1) is 0 Å². The van der Waals surface area contributed by atoms with E-state index in [9.17, 15) is 4.79 Å². The molecule has 0 saturated carbocycles. The molecule has 1 amide bonds. The van der Waals surface area contributed by atoms with E-state index >= 15 is 0 Å². The predicted octanol–water partition coefficient (Wildman–Crippen LogP) is 5.77. The highest BCUT2D eigenvalue weighted by Crippen LogP contribution is 2.59. The maximum absolute atomic E-state index is 13.0. The number of benzene rings is 3. The summed E-state index contributed by atoms with van der Waals surface area (Å²) in [6.45, 7) is 5.53. The zero-order valence-electron chi connectivity index (χ0n) is 29.0. The second-order valence-corrected chi connectivity index (χ2v) is 19.3. The predicted molar refractivity (Wildman–Crippen MR) is 200 cm³/mol. The van der Waals surface area contributed by atoms with E-state index in [0.717, 1.165) is 31.9 Å². The van der Waals surface area contributed by atoms with Crippen molar-refractivity contribution in [1.29, 1.82) is 0 Å². The zero-order chi connectivity index (χ0) is 35.0. The number of ether oxygens (including phenoxy) is 2. The molecule has 3 aromatic carbocycles. The van der Waals surface area contributed by atoms with E-state index in [2.05, 4.69) is 99.1 Å². The smallest absolute Gasteiger partial charge is 0.259 e. The average Bonchev–Trinajstić information content (AvgIpc) is 3.97. The van der Waals surface area contributed by atoms with Crippen LogP contribution in [0.15, 0.2) is 104 Å². The number of amides is 1. The highest BCUT2D eigenvalue weighted by molar-refractivity contribution is 7.45. The van der Waals surface area contributed by atoms with Crippen molar-refractivity contribution in [2.75, 3.05) is 19.0 Å². The topological polar surface area (TPSA) is 113 Å². The Morgan fingerprint density at radius 3 is 2.29 bits per heavy atom. The second-order valence-electron chi connectivity index (χ2n) is 13.6. The molecule has 264 valence electrons. The minimum atomic E-state index is -2.14. The Bertz CT molecular complexity index is 1920. The van der Waals surface area contributed by atoms with Crippen molar-refractivity contribution in [2.45, 2.75) is 75.5 Å². The molecule has 3 fully saturated rings. The largest absolute Gasteiger partial charge is 0.374 e. The minimum Gasteiger partial charge on any atom is -0.374 e. The number of aromatic nitrogens is 4. The highest BCUT2D eigenvalue weighted by Gasteiger charge is 2.54. The number of nitrogens with one attached hydrogen (secondary N) is 1. The lowest BCUT2D eigenvalue weighted by Gasteiger charge is -2.32. The summed E-state index contributed by atoms with van der Waals surface area (Å²) < 4.78 is 31.2. The molecular weight excluding hydrogens is 680 g/mol. The molecule has 1 unspecified atom stereocenters. The number of imidazole rings is 1. The molecule has 3 aliphatic heterocycles. The lowest BCUT2D eigenvalue weighted by Crippen LogP contribution is -2.58. The fraction of sp³-hybridized carbons (Fsp3) is 0.368. The summed E-state index contributed by atoms with van der Waals surface area (Å²) in [4.78, 5) is 26.5. The van der Waals surface area contributed by atoms with Crippen LogP contribution in [0.5, 0.6) is 0 Å². The van der Waals surface area contributed by atoms with Gasteiger partial charge in [0.2, 0.25) is 0 Å². The van der Waals surface area contributed by atoms with Gasteiger partial charge in [-0.2, -0.15) is 0 Å². The van der Waals surface area contributed by atoms with E-state index in [1.165, 1.54) is 16.7 Å². The van der Waals surface area contributed by atoms with Gasteiger partial charge >= 0.3 is 0 Å². The summed E-state index contributed by atoms with van der Waals surface area (Å²) in [6.07, 6.45) is 4.48. The number of hydrogen-bond donors (Lipinski definition) is 1. The average molecular weight is 723 g/mol. The first-order chi connectivity index (χ1) is 25.0. The molecule has 1 N–H and O–H groups in total. The molecule has 5 heterocycles. The first-order valence-electron chi connectivity index (χ1n) is 17.7. The molecule has 3 aliphatic rings. The fourth-order valence-electron chi connectivity index (χ4n) is 7.92. The van der Waals surface area contributed by atoms with Gasteiger partial charge in [0.25, 0.3) is 14.4 Å². The summed E-state index contributed by atoms with van der Waals surface area (Å²) in [5.41, 5.74) is 1.52. The standard InChI is InChI=1S/C38H43N6O5PSi/c1-4-30-33(34(46-2)38(47-30)43-25-41-32-35(39-24-40-36(32)43)42-37(45)26-15-8-5-9-16-26)49-50-44-22-14-21-29(44)31(48-50)23-51(3,27-17-10-6-11-18-27)28-19-12-7-13-20-28/h5-13,15-20,24-25,29-31,33-34,38H,4,14,21-23H2,1-3H3,(H,39,40,42,45)/t29-,30-,31+,33?,34+,38-,50+/m1/s1. The maximum atomic E-state index is 13.0. The molecule has 7 atom stereocenters. The first kappa shape index (κ1) is 34.2. The Labute approximate surface area is 300 Å². The van der Waals surface area contributed by atoms with Crippen LogP contribution in [0.2, 0.25) is 12.6 Å². The number of anilines is 1. The Morgan fingerprint density at radius 2 is 1.63 bits per heavy atom. The van der Waals surface area contributed by atoms with Crippen molar-refractivity contribution < 1.29 is 23.3 Å². The first-order valence-corrected chi connectivity index (χ1v) is 21.6. The quantitative estimate of drug-likeness (QED) is 0.134. The Kier molecular flexibility index (Phi) is 9.82. The second kappa shape index (κ2) is 14.6. The van der Waals surface area contributed by atoms with Gasteiger partial charge in [0.1, 0.15) is 26.6 Å². The van der Waals surface area contributed by atoms with Crippen LogP contribution >= 0.6 is 8.53 Å². The van der Waals surface area contributed by atoms with Crippen LogP contribution in [0.25, 0.3) is 11.2 Å². The van der Waals surface area contributed by atoms with Gasteiger partial charge in [-0.3, -0.25) is 9.36 Å². The third kappa shape index (κ3) is 6.44. The van der Waals surface area contributed by atoms with Crippen molar-refractivity contribution in [3.8, 4) is 0 Å². The Hall–Kier alpha value is -3.87.